The summed E-state index contributed by atoms with van der Waals surface area (Å²) in [4.78, 5) is 20.9. The average Bonchev–Trinajstić information content (AvgIpc) is 3.05. The van der Waals surface area contributed by atoms with Gasteiger partial charge in [-0.15, -0.1) is 0 Å². The summed E-state index contributed by atoms with van der Waals surface area (Å²) >= 11 is 13.6. The first-order chi connectivity index (χ1) is 12.6. The summed E-state index contributed by atoms with van der Waals surface area (Å²) < 4.78 is 11.3. The largest absolute Gasteiger partial charge is 0.465 e. The third-order valence-electron chi connectivity index (χ3n) is 3.70. The topological polar surface area (TPSA) is 61.3 Å². The number of fused-ring (bicyclic) bond motifs is 3. The van der Waals surface area contributed by atoms with Gasteiger partial charge in [0, 0.05) is 10.4 Å². The van der Waals surface area contributed by atoms with Gasteiger partial charge in [-0.3, -0.25) is 0 Å². The lowest BCUT2D eigenvalue weighted by Gasteiger charge is -2.05. The highest BCUT2D eigenvalue weighted by Gasteiger charge is 2.18. The van der Waals surface area contributed by atoms with Crippen LogP contribution in [0.5, 0.6) is 10.9 Å². The Kier molecular flexibility index (Phi) is 4.40. The van der Waals surface area contributed by atoms with Crippen molar-refractivity contribution >= 4 is 61.6 Å². The number of aromatic nitrogens is 2. The number of nitrogens with zero attached hydrogens (tertiary/aromatic N) is 2. The number of hydrogen-bond donors (Lipinski definition) is 0. The first-order valence-corrected chi connectivity index (χ1v) is 9.04. The van der Waals surface area contributed by atoms with Gasteiger partial charge in [-0.1, -0.05) is 52.7 Å². The third kappa shape index (κ3) is 2.96. The fourth-order valence-corrected chi connectivity index (χ4v) is 3.88. The van der Waals surface area contributed by atoms with Gasteiger partial charge in [0.1, 0.15) is 10.9 Å². The number of thiazole rings is 1. The second-order valence-corrected chi connectivity index (χ2v) is 7.07. The third-order valence-corrected chi connectivity index (χ3v) is 5.26. The number of benzene rings is 2. The van der Waals surface area contributed by atoms with Crippen LogP contribution in [0, 0.1) is 0 Å². The maximum absolute atomic E-state index is 12.0. The molecule has 0 fully saturated rings. The first-order valence-electron chi connectivity index (χ1n) is 7.47. The Morgan fingerprint density at radius 1 is 1.08 bits per heavy atom. The van der Waals surface area contributed by atoms with E-state index < -0.39 is 5.97 Å². The van der Waals surface area contributed by atoms with Crippen molar-refractivity contribution in [3.05, 3.63) is 58.2 Å². The molecule has 0 aliphatic rings. The number of pyridine rings is 1. The van der Waals surface area contributed by atoms with Crippen LogP contribution in [-0.2, 0) is 4.74 Å². The summed E-state index contributed by atoms with van der Waals surface area (Å²) in [5.41, 5.74) is 1.39. The van der Waals surface area contributed by atoms with Crippen LogP contribution in [-0.4, -0.2) is 23.0 Å². The molecule has 2 aromatic heterocycles. The summed E-state index contributed by atoms with van der Waals surface area (Å²) in [5, 5.41) is 1.92. The summed E-state index contributed by atoms with van der Waals surface area (Å²) in [5.74, 6) is 0.0874. The minimum absolute atomic E-state index is 0.252. The number of carbonyl (C=O) groups excluding carboxylic acids is 1. The average molecular weight is 405 g/mol. The molecule has 0 amide bonds. The lowest BCUT2D eigenvalue weighted by Crippen LogP contribution is -2.03. The monoisotopic (exact) mass is 404 g/mol. The van der Waals surface area contributed by atoms with Crippen molar-refractivity contribution in [1.29, 1.82) is 0 Å². The van der Waals surface area contributed by atoms with Gasteiger partial charge >= 0.3 is 5.97 Å². The molecule has 0 atom stereocenters. The quantitative estimate of drug-likeness (QED) is 0.322. The minimum Gasteiger partial charge on any atom is -0.465 e. The molecule has 0 spiro atoms. The highest BCUT2D eigenvalue weighted by atomic mass is 35.5. The van der Waals surface area contributed by atoms with Gasteiger partial charge in [0.05, 0.1) is 28.4 Å². The molecule has 8 heteroatoms. The summed E-state index contributed by atoms with van der Waals surface area (Å²) in [7, 11) is 1.32. The molecule has 0 saturated heterocycles. The Hall–Kier alpha value is -2.41. The number of ether oxygens (including phenoxy) is 2. The van der Waals surface area contributed by atoms with Gasteiger partial charge in [0.25, 0.3) is 5.19 Å². The molecule has 130 valence electrons. The highest BCUT2D eigenvalue weighted by molar-refractivity contribution is 7.21. The second-order valence-electron chi connectivity index (χ2n) is 5.31. The predicted octanol–water partition coefficient (Wildman–Crippen LogP) is 5.73. The number of hydrogen-bond acceptors (Lipinski definition) is 6. The van der Waals surface area contributed by atoms with Crippen molar-refractivity contribution in [1.82, 2.24) is 9.97 Å². The Balaban J connectivity index is 1.88. The standard InChI is InChI=1S/C18H10Cl2N2O3S/c1-24-17(23)12-7-3-6-11-13(12)21-16(20)15-14(11)22-18(26-15)25-10-5-2-4-9(19)8-10/h2-8H,1H3. The second kappa shape index (κ2) is 6.72. The molecule has 0 unspecified atom stereocenters. The minimum atomic E-state index is -0.482. The van der Waals surface area contributed by atoms with E-state index in [4.69, 9.17) is 32.7 Å². The number of para-hydroxylation sites is 1. The van der Waals surface area contributed by atoms with Gasteiger partial charge < -0.3 is 9.47 Å². The van der Waals surface area contributed by atoms with Gasteiger partial charge in [-0.25, -0.2) is 14.8 Å². The molecule has 0 bridgehead atoms. The number of carbonyl (C=O) groups is 1. The lowest BCUT2D eigenvalue weighted by molar-refractivity contribution is 0.0603. The Morgan fingerprint density at radius 2 is 1.88 bits per heavy atom. The van der Waals surface area contributed by atoms with Crippen LogP contribution in [0.3, 0.4) is 0 Å². The van der Waals surface area contributed by atoms with E-state index in [0.717, 1.165) is 0 Å². The normalized spacial score (nSPS) is 11.0. The molecule has 0 N–H and O–H groups in total. The lowest BCUT2D eigenvalue weighted by atomic mass is 10.1. The zero-order valence-corrected chi connectivity index (χ0v) is 15.7. The molecule has 2 heterocycles. The van der Waals surface area contributed by atoms with Crippen molar-refractivity contribution < 1.29 is 14.3 Å². The van der Waals surface area contributed by atoms with Gasteiger partial charge in [0.2, 0.25) is 0 Å². The van der Waals surface area contributed by atoms with Gasteiger partial charge in [0.15, 0.2) is 0 Å². The fraction of sp³-hybridized carbons (Fsp3) is 0.0556. The van der Waals surface area contributed by atoms with E-state index in [9.17, 15) is 4.79 Å². The molecule has 5 nitrogen and oxygen atoms in total. The van der Waals surface area contributed by atoms with Crippen molar-refractivity contribution in [2.45, 2.75) is 0 Å². The first kappa shape index (κ1) is 17.0. The van der Waals surface area contributed by atoms with Crippen LogP contribution in [0.4, 0.5) is 0 Å². The van der Waals surface area contributed by atoms with Crippen LogP contribution in [0.2, 0.25) is 10.2 Å². The van der Waals surface area contributed by atoms with Crippen molar-refractivity contribution in [3.63, 3.8) is 0 Å². The van der Waals surface area contributed by atoms with Crippen molar-refractivity contribution in [2.24, 2.45) is 0 Å². The van der Waals surface area contributed by atoms with E-state index in [-0.39, 0.29) is 5.15 Å². The fourth-order valence-electron chi connectivity index (χ4n) is 2.58. The molecule has 0 aliphatic carbocycles. The summed E-state index contributed by atoms with van der Waals surface area (Å²) in [6.45, 7) is 0. The van der Waals surface area contributed by atoms with Gasteiger partial charge in [-0.2, -0.15) is 0 Å². The summed E-state index contributed by atoms with van der Waals surface area (Å²) in [6.07, 6.45) is 0. The molecule has 0 radical (unpaired) electrons. The van der Waals surface area contributed by atoms with E-state index >= 15 is 0 Å². The van der Waals surface area contributed by atoms with Crippen molar-refractivity contribution in [3.8, 4) is 10.9 Å². The number of methoxy groups -OCH3 is 1. The number of halogens is 2. The highest BCUT2D eigenvalue weighted by Crippen LogP contribution is 2.39. The van der Waals surface area contributed by atoms with Crippen LogP contribution in [0.1, 0.15) is 10.4 Å². The zero-order valence-electron chi connectivity index (χ0n) is 13.3. The van der Waals surface area contributed by atoms with E-state index in [1.54, 1.807) is 36.4 Å². The van der Waals surface area contributed by atoms with Gasteiger partial charge in [-0.05, 0) is 24.3 Å². The molecular weight excluding hydrogens is 395 g/mol. The Morgan fingerprint density at radius 3 is 2.65 bits per heavy atom. The van der Waals surface area contributed by atoms with E-state index in [2.05, 4.69) is 9.97 Å². The SMILES string of the molecule is COC(=O)c1cccc2c1nc(Cl)c1sc(Oc3cccc(Cl)c3)nc12. The molecule has 0 saturated carbocycles. The predicted molar refractivity (Wildman–Crippen MR) is 103 cm³/mol. The van der Waals surface area contributed by atoms with Crippen LogP contribution in [0.25, 0.3) is 21.1 Å². The summed E-state index contributed by atoms with van der Waals surface area (Å²) in [6, 6.07) is 12.2. The maximum Gasteiger partial charge on any atom is 0.340 e. The molecule has 4 aromatic rings. The van der Waals surface area contributed by atoms with Crippen molar-refractivity contribution in [2.75, 3.05) is 7.11 Å². The van der Waals surface area contributed by atoms with Crippen LogP contribution >= 0.6 is 34.5 Å². The zero-order chi connectivity index (χ0) is 18.3. The van der Waals surface area contributed by atoms with E-state index in [0.29, 0.717) is 42.6 Å². The number of esters is 1. The molecular formula is C18H10Cl2N2O3S. The molecule has 0 aliphatic heterocycles. The Bertz CT molecular complexity index is 1160. The van der Waals surface area contributed by atoms with Crippen LogP contribution in [0.15, 0.2) is 42.5 Å². The molecule has 2 aromatic carbocycles. The van der Waals surface area contributed by atoms with E-state index in [1.165, 1.54) is 18.4 Å². The van der Waals surface area contributed by atoms with E-state index in [1.807, 2.05) is 6.07 Å². The van der Waals surface area contributed by atoms with Crippen LogP contribution < -0.4 is 4.74 Å². The smallest absolute Gasteiger partial charge is 0.340 e. The maximum atomic E-state index is 12.0. The Labute approximate surface area is 162 Å². The molecule has 4 rings (SSSR count). The molecule has 26 heavy (non-hydrogen) atoms. The number of rotatable bonds is 3.